The van der Waals surface area contributed by atoms with Crippen LogP contribution >= 0.6 is 0 Å². The fourth-order valence-corrected chi connectivity index (χ4v) is 5.86. The summed E-state index contributed by atoms with van der Waals surface area (Å²) in [5.41, 5.74) is 4.23. The van der Waals surface area contributed by atoms with Crippen LogP contribution in [0.3, 0.4) is 0 Å². The molecule has 5 rings (SSSR count). The van der Waals surface area contributed by atoms with Crippen molar-refractivity contribution in [2.24, 2.45) is 29.0 Å². The molecule has 3 nitrogen and oxygen atoms in total. The Bertz CT molecular complexity index is 495. The third-order valence-electron chi connectivity index (χ3n) is 6.13. The molecule has 1 aromatic heterocycles. The molecule has 0 aliphatic heterocycles. The van der Waals surface area contributed by atoms with E-state index in [0.717, 1.165) is 29.7 Å². The molecule has 114 valence electrons. The fourth-order valence-electron chi connectivity index (χ4n) is 5.86. The first-order valence-electron chi connectivity index (χ1n) is 8.22. The van der Waals surface area contributed by atoms with Crippen LogP contribution in [0.15, 0.2) is 18.5 Å². The van der Waals surface area contributed by atoms with Gasteiger partial charge in [-0.25, -0.2) is 4.39 Å². The molecule has 0 amide bonds. The Balaban J connectivity index is 1.56. The standard InChI is InChI=1S/C17H24FN3/c18-15-4-14(9-20-10-15)16(21-19)8-17-5-11-1-12(6-17)3-13(2-11)7-17/h4,9-13,16,21H,1-3,5-8,19H2. The van der Waals surface area contributed by atoms with E-state index in [-0.39, 0.29) is 11.9 Å². The monoisotopic (exact) mass is 289 g/mol. The summed E-state index contributed by atoms with van der Waals surface area (Å²) in [6, 6.07) is 1.59. The molecular weight excluding hydrogens is 265 g/mol. The van der Waals surface area contributed by atoms with Crippen molar-refractivity contribution in [2.45, 2.75) is 51.0 Å². The van der Waals surface area contributed by atoms with Gasteiger partial charge in [-0.1, -0.05) is 0 Å². The number of nitrogens with two attached hydrogens (primary N) is 1. The Hall–Kier alpha value is -1.00. The first-order valence-corrected chi connectivity index (χ1v) is 8.22. The van der Waals surface area contributed by atoms with Crippen LogP contribution in [0.4, 0.5) is 4.39 Å². The number of hydrazine groups is 1. The molecule has 4 fully saturated rings. The third kappa shape index (κ3) is 2.49. The van der Waals surface area contributed by atoms with Gasteiger partial charge in [0.15, 0.2) is 0 Å². The van der Waals surface area contributed by atoms with E-state index < -0.39 is 0 Å². The first kappa shape index (κ1) is 13.6. The first-order chi connectivity index (χ1) is 10.2. The van der Waals surface area contributed by atoms with Gasteiger partial charge in [0.25, 0.3) is 0 Å². The third-order valence-corrected chi connectivity index (χ3v) is 6.13. The molecule has 1 heterocycles. The van der Waals surface area contributed by atoms with Crippen LogP contribution in [0.25, 0.3) is 0 Å². The number of pyridine rings is 1. The molecule has 0 spiro atoms. The van der Waals surface area contributed by atoms with Gasteiger partial charge in [-0.3, -0.25) is 16.3 Å². The molecule has 0 radical (unpaired) electrons. The van der Waals surface area contributed by atoms with Crippen LogP contribution in [0.5, 0.6) is 0 Å². The molecule has 4 saturated carbocycles. The minimum absolute atomic E-state index is 0.0180. The highest BCUT2D eigenvalue weighted by Gasteiger charge is 2.51. The summed E-state index contributed by atoms with van der Waals surface area (Å²) in [6.07, 6.45) is 12.4. The molecule has 0 aromatic carbocycles. The smallest absolute Gasteiger partial charge is 0.141 e. The van der Waals surface area contributed by atoms with Crippen molar-refractivity contribution in [2.75, 3.05) is 0 Å². The van der Waals surface area contributed by atoms with Crippen LogP contribution in [0.2, 0.25) is 0 Å². The SMILES string of the molecule is NNC(CC12CC3CC(CC(C3)C1)C2)c1cncc(F)c1. The molecular formula is C17H24FN3. The fraction of sp³-hybridized carbons (Fsp3) is 0.706. The second kappa shape index (κ2) is 5.03. The summed E-state index contributed by atoms with van der Waals surface area (Å²) in [7, 11) is 0. The van der Waals surface area contributed by atoms with Crippen LogP contribution in [0.1, 0.15) is 56.6 Å². The molecule has 4 aliphatic carbocycles. The van der Waals surface area contributed by atoms with Crippen molar-refractivity contribution < 1.29 is 4.39 Å². The lowest BCUT2D eigenvalue weighted by Crippen LogP contribution is -2.48. The van der Waals surface area contributed by atoms with Crippen molar-refractivity contribution in [1.29, 1.82) is 0 Å². The molecule has 3 N–H and O–H groups in total. The molecule has 0 saturated heterocycles. The Labute approximate surface area is 125 Å². The molecule has 1 aromatic rings. The Kier molecular flexibility index (Phi) is 3.27. The van der Waals surface area contributed by atoms with Crippen LogP contribution in [-0.4, -0.2) is 4.98 Å². The lowest BCUT2D eigenvalue weighted by molar-refractivity contribution is -0.0623. The van der Waals surface area contributed by atoms with Gasteiger partial charge in [0.05, 0.1) is 6.20 Å². The number of hydrogen-bond donors (Lipinski definition) is 2. The maximum absolute atomic E-state index is 13.4. The summed E-state index contributed by atoms with van der Waals surface area (Å²) in [4.78, 5) is 3.98. The number of rotatable bonds is 4. The van der Waals surface area contributed by atoms with E-state index >= 15 is 0 Å². The van der Waals surface area contributed by atoms with Crippen molar-refractivity contribution in [3.63, 3.8) is 0 Å². The van der Waals surface area contributed by atoms with Crippen LogP contribution in [-0.2, 0) is 0 Å². The largest absolute Gasteiger partial charge is 0.271 e. The summed E-state index contributed by atoms with van der Waals surface area (Å²) in [5, 5.41) is 0. The number of halogens is 1. The summed E-state index contributed by atoms with van der Waals surface area (Å²) < 4.78 is 13.4. The lowest BCUT2D eigenvalue weighted by Gasteiger charge is -2.57. The molecule has 1 unspecified atom stereocenters. The van der Waals surface area contributed by atoms with Gasteiger partial charge >= 0.3 is 0 Å². The normalized spacial score (nSPS) is 38.7. The highest BCUT2D eigenvalue weighted by atomic mass is 19.1. The zero-order chi connectivity index (χ0) is 14.4. The van der Waals surface area contributed by atoms with Crippen molar-refractivity contribution >= 4 is 0 Å². The zero-order valence-corrected chi connectivity index (χ0v) is 12.4. The van der Waals surface area contributed by atoms with Crippen molar-refractivity contribution in [1.82, 2.24) is 10.4 Å². The Morgan fingerprint density at radius 2 is 1.81 bits per heavy atom. The number of nitrogens with zero attached hydrogens (tertiary/aromatic N) is 1. The van der Waals surface area contributed by atoms with Gasteiger partial charge in [0.2, 0.25) is 0 Å². The maximum Gasteiger partial charge on any atom is 0.141 e. The van der Waals surface area contributed by atoms with E-state index in [9.17, 15) is 4.39 Å². The molecule has 21 heavy (non-hydrogen) atoms. The summed E-state index contributed by atoms with van der Waals surface area (Å²) in [6.45, 7) is 0. The Morgan fingerprint density at radius 1 is 1.19 bits per heavy atom. The van der Waals surface area contributed by atoms with Gasteiger partial charge < -0.3 is 0 Å². The number of aromatic nitrogens is 1. The summed E-state index contributed by atoms with van der Waals surface area (Å²) >= 11 is 0. The predicted octanol–water partition coefficient (Wildman–Crippen LogP) is 3.33. The van der Waals surface area contributed by atoms with Crippen LogP contribution in [0, 0.1) is 29.0 Å². The maximum atomic E-state index is 13.4. The minimum Gasteiger partial charge on any atom is -0.271 e. The topological polar surface area (TPSA) is 50.9 Å². The second-order valence-electron chi connectivity index (χ2n) is 7.78. The molecule has 1 atom stereocenters. The van der Waals surface area contributed by atoms with E-state index in [1.165, 1.54) is 44.7 Å². The van der Waals surface area contributed by atoms with Gasteiger partial charge in [-0.2, -0.15) is 0 Å². The highest BCUT2D eigenvalue weighted by Crippen LogP contribution is 2.62. The van der Waals surface area contributed by atoms with E-state index in [4.69, 9.17) is 5.84 Å². The molecule has 4 bridgehead atoms. The van der Waals surface area contributed by atoms with Gasteiger partial charge in [-0.05, 0) is 79.7 Å². The van der Waals surface area contributed by atoms with Gasteiger partial charge in [0.1, 0.15) is 5.82 Å². The quantitative estimate of drug-likeness (QED) is 0.660. The predicted molar refractivity (Wildman–Crippen MR) is 79.5 cm³/mol. The zero-order valence-electron chi connectivity index (χ0n) is 12.4. The highest BCUT2D eigenvalue weighted by molar-refractivity contribution is 5.16. The van der Waals surface area contributed by atoms with Gasteiger partial charge in [0, 0.05) is 12.2 Å². The van der Waals surface area contributed by atoms with Crippen molar-refractivity contribution in [3.8, 4) is 0 Å². The Morgan fingerprint density at radius 3 is 2.33 bits per heavy atom. The van der Waals surface area contributed by atoms with E-state index in [0.29, 0.717) is 5.41 Å². The van der Waals surface area contributed by atoms with E-state index in [1.807, 2.05) is 0 Å². The average Bonchev–Trinajstić information content (AvgIpc) is 2.43. The lowest BCUT2D eigenvalue weighted by atomic mass is 9.48. The second-order valence-corrected chi connectivity index (χ2v) is 7.78. The summed E-state index contributed by atoms with van der Waals surface area (Å²) in [5.74, 6) is 8.30. The van der Waals surface area contributed by atoms with E-state index in [1.54, 1.807) is 12.3 Å². The molecule has 4 aliphatic rings. The van der Waals surface area contributed by atoms with Gasteiger partial charge in [-0.15, -0.1) is 0 Å². The molecule has 4 heteroatoms. The van der Waals surface area contributed by atoms with Crippen LogP contribution < -0.4 is 11.3 Å². The number of hydrogen-bond acceptors (Lipinski definition) is 3. The number of nitrogens with one attached hydrogen (secondary N) is 1. The minimum atomic E-state index is -0.279. The average molecular weight is 289 g/mol. The van der Waals surface area contributed by atoms with E-state index in [2.05, 4.69) is 10.4 Å². The van der Waals surface area contributed by atoms with Crippen molar-refractivity contribution in [3.05, 3.63) is 29.8 Å².